The Bertz CT molecular complexity index is 401. The molecule has 1 atom stereocenters. The first-order valence-corrected chi connectivity index (χ1v) is 7.17. The van der Waals surface area contributed by atoms with Crippen LogP contribution in [0.2, 0.25) is 0 Å². The molecule has 1 aliphatic rings. The maximum Gasteiger partial charge on any atom is 0.124 e. The minimum atomic E-state index is -0.178. The standard InChI is InChI=1S/C16H25NO2/c1-12(2)19-16-7-5-4-6-14(16)10-17(3)11-15(18)13-8-9-13/h4-7,12-13,15,18H,8-11H2,1-3H3. The second kappa shape index (κ2) is 6.40. The van der Waals surface area contributed by atoms with E-state index in [2.05, 4.69) is 18.0 Å². The van der Waals surface area contributed by atoms with Gasteiger partial charge in [0.15, 0.2) is 0 Å². The first kappa shape index (κ1) is 14.4. The van der Waals surface area contributed by atoms with Gasteiger partial charge >= 0.3 is 0 Å². The molecule has 1 saturated carbocycles. The molecule has 0 heterocycles. The monoisotopic (exact) mass is 263 g/mol. The molecule has 1 aromatic carbocycles. The summed E-state index contributed by atoms with van der Waals surface area (Å²) in [4.78, 5) is 2.17. The lowest BCUT2D eigenvalue weighted by atomic mass is 10.1. The van der Waals surface area contributed by atoms with E-state index < -0.39 is 0 Å². The van der Waals surface area contributed by atoms with Gasteiger partial charge in [0.2, 0.25) is 0 Å². The van der Waals surface area contributed by atoms with Crippen molar-refractivity contribution in [3.8, 4) is 5.75 Å². The summed E-state index contributed by atoms with van der Waals surface area (Å²) in [5, 5.41) is 9.98. The van der Waals surface area contributed by atoms with Gasteiger partial charge in [-0.2, -0.15) is 0 Å². The number of para-hydroxylation sites is 1. The van der Waals surface area contributed by atoms with Gasteiger partial charge in [0.05, 0.1) is 12.2 Å². The molecule has 2 rings (SSSR count). The topological polar surface area (TPSA) is 32.7 Å². The summed E-state index contributed by atoms with van der Waals surface area (Å²) in [5.41, 5.74) is 1.18. The average molecular weight is 263 g/mol. The summed E-state index contributed by atoms with van der Waals surface area (Å²) < 4.78 is 5.82. The number of hydrogen-bond donors (Lipinski definition) is 1. The molecule has 106 valence electrons. The van der Waals surface area contributed by atoms with Crippen LogP contribution in [0.4, 0.5) is 0 Å². The Labute approximate surface area is 116 Å². The van der Waals surface area contributed by atoms with Gasteiger partial charge in [-0.3, -0.25) is 4.90 Å². The fourth-order valence-corrected chi connectivity index (χ4v) is 2.31. The highest BCUT2D eigenvalue weighted by Gasteiger charge is 2.30. The summed E-state index contributed by atoms with van der Waals surface area (Å²) in [7, 11) is 2.05. The van der Waals surface area contributed by atoms with Crippen LogP contribution in [-0.2, 0) is 6.54 Å². The Morgan fingerprint density at radius 3 is 2.63 bits per heavy atom. The summed E-state index contributed by atoms with van der Waals surface area (Å²) in [6.07, 6.45) is 2.37. The molecule has 0 spiro atoms. The van der Waals surface area contributed by atoms with Crippen LogP contribution in [0.1, 0.15) is 32.3 Å². The number of aliphatic hydroxyl groups excluding tert-OH is 1. The van der Waals surface area contributed by atoms with Crippen molar-refractivity contribution in [3.63, 3.8) is 0 Å². The third-order valence-corrected chi connectivity index (χ3v) is 3.44. The Kier molecular flexibility index (Phi) is 4.83. The number of nitrogens with zero attached hydrogens (tertiary/aromatic N) is 1. The van der Waals surface area contributed by atoms with Crippen molar-refractivity contribution < 1.29 is 9.84 Å². The molecule has 0 amide bonds. The molecule has 3 heteroatoms. The predicted octanol–water partition coefficient (Wildman–Crippen LogP) is 2.68. The molecule has 1 fully saturated rings. The molecule has 0 radical (unpaired) electrons. The molecule has 0 saturated heterocycles. The van der Waals surface area contributed by atoms with Crippen LogP contribution in [-0.4, -0.2) is 35.8 Å². The molecule has 1 N–H and O–H groups in total. The van der Waals surface area contributed by atoms with Crippen molar-refractivity contribution in [1.29, 1.82) is 0 Å². The van der Waals surface area contributed by atoms with Gasteiger partial charge < -0.3 is 9.84 Å². The highest BCUT2D eigenvalue weighted by Crippen LogP contribution is 2.33. The average Bonchev–Trinajstić information content (AvgIpc) is 3.14. The van der Waals surface area contributed by atoms with E-state index in [0.717, 1.165) is 18.8 Å². The number of benzene rings is 1. The van der Waals surface area contributed by atoms with Crippen molar-refractivity contribution in [1.82, 2.24) is 4.90 Å². The van der Waals surface area contributed by atoms with Crippen LogP contribution >= 0.6 is 0 Å². The Morgan fingerprint density at radius 1 is 1.32 bits per heavy atom. The first-order chi connectivity index (χ1) is 9.06. The molecule has 3 nitrogen and oxygen atoms in total. The lowest BCUT2D eigenvalue weighted by Gasteiger charge is -2.22. The van der Waals surface area contributed by atoms with Crippen molar-refractivity contribution in [2.24, 2.45) is 5.92 Å². The molecule has 19 heavy (non-hydrogen) atoms. The molecular formula is C16H25NO2. The van der Waals surface area contributed by atoms with E-state index >= 15 is 0 Å². The summed E-state index contributed by atoms with van der Waals surface area (Å²) >= 11 is 0. The fourth-order valence-electron chi connectivity index (χ4n) is 2.31. The second-order valence-electron chi connectivity index (χ2n) is 5.88. The molecule has 1 aliphatic carbocycles. The van der Waals surface area contributed by atoms with E-state index in [1.54, 1.807) is 0 Å². The van der Waals surface area contributed by atoms with E-state index in [0.29, 0.717) is 5.92 Å². The number of likely N-dealkylation sites (N-methyl/N-ethyl adjacent to an activating group) is 1. The van der Waals surface area contributed by atoms with Crippen molar-refractivity contribution in [3.05, 3.63) is 29.8 Å². The third kappa shape index (κ3) is 4.51. The highest BCUT2D eigenvalue weighted by atomic mass is 16.5. The SMILES string of the molecule is CC(C)Oc1ccccc1CN(C)CC(O)C1CC1. The van der Waals surface area contributed by atoms with Crippen LogP contribution in [0, 0.1) is 5.92 Å². The quantitative estimate of drug-likeness (QED) is 0.821. The molecule has 1 unspecified atom stereocenters. The van der Waals surface area contributed by atoms with Gasteiger partial charge in [0.25, 0.3) is 0 Å². The first-order valence-electron chi connectivity index (χ1n) is 7.17. The van der Waals surface area contributed by atoms with Crippen molar-refractivity contribution in [2.75, 3.05) is 13.6 Å². The largest absolute Gasteiger partial charge is 0.491 e. The zero-order valence-corrected chi connectivity index (χ0v) is 12.2. The predicted molar refractivity (Wildman–Crippen MR) is 77.3 cm³/mol. The minimum absolute atomic E-state index is 0.178. The normalized spacial score (nSPS) is 16.9. The van der Waals surface area contributed by atoms with E-state index in [9.17, 15) is 5.11 Å². The van der Waals surface area contributed by atoms with Gasteiger partial charge in [0.1, 0.15) is 5.75 Å². The number of aliphatic hydroxyl groups is 1. The van der Waals surface area contributed by atoms with E-state index in [1.807, 2.05) is 32.0 Å². The van der Waals surface area contributed by atoms with Gasteiger partial charge in [-0.25, -0.2) is 0 Å². The van der Waals surface area contributed by atoms with Gasteiger partial charge in [-0.1, -0.05) is 18.2 Å². The summed E-state index contributed by atoms with van der Waals surface area (Å²) in [6.45, 7) is 5.63. The lowest BCUT2D eigenvalue weighted by molar-refractivity contribution is 0.103. The van der Waals surface area contributed by atoms with Crippen LogP contribution < -0.4 is 4.74 Å². The fraction of sp³-hybridized carbons (Fsp3) is 0.625. The molecular weight excluding hydrogens is 238 g/mol. The smallest absolute Gasteiger partial charge is 0.124 e. The molecule has 1 aromatic rings. The van der Waals surface area contributed by atoms with Crippen LogP contribution in [0.15, 0.2) is 24.3 Å². The zero-order valence-electron chi connectivity index (χ0n) is 12.2. The van der Waals surface area contributed by atoms with Crippen LogP contribution in [0.5, 0.6) is 5.75 Å². The van der Waals surface area contributed by atoms with Crippen molar-refractivity contribution >= 4 is 0 Å². The van der Waals surface area contributed by atoms with E-state index in [1.165, 1.54) is 18.4 Å². The third-order valence-electron chi connectivity index (χ3n) is 3.44. The number of hydrogen-bond acceptors (Lipinski definition) is 3. The molecule has 0 aliphatic heterocycles. The summed E-state index contributed by atoms with van der Waals surface area (Å²) in [6, 6.07) is 8.14. The maximum atomic E-state index is 9.98. The van der Waals surface area contributed by atoms with E-state index in [-0.39, 0.29) is 12.2 Å². The maximum absolute atomic E-state index is 9.98. The molecule has 0 aromatic heterocycles. The highest BCUT2D eigenvalue weighted by molar-refractivity contribution is 5.33. The Hall–Kier alpha value is -1.06. The summed E-state index contributed by atoms with van der Waals surface area (Å²) in [5.74, 6) is 1.48. The van der Waals surface area contributed by atoms with E-state index in [4.69, 9.17) is 4.74 Å². The minimum Gasteiger partial charge on any atom is -0.491 e. The van der Waals surface area contributed by atoms with Crippen LogP contribution in [0.25, 0.3) is 0 Å². The van der Waals surface area contributed by atoms with Gasteiger partial charge in [-0.05, 0) is 45.7 Å². The number of rotatable bonds is 7. The second-order valence-corrected chi connectivity index (χ2v) is 5.88. The van der Waals surface area contributed by atoms with Gasteiger partial charge in [0, 0.05) is 18.7 Å². The molecule has 0 bridgehead atoms. The lowest BCUT2D eigenvalue weighted by Crippen LogP contribution is -2.30. The van der Waals surface area contributed by atoms with Crippen LogP contribution in [0.3, 0.4) is 0 Å². The van der Waals surface area contributed by atoms with Crippen molar-refractivity contribution in [2.45, 2.75) is 45.4 Å². The Morgan fingerprint density at radius 2 is 2.00 bits per heavy atom. The Balaban J connectivity index is 1.93. The number of ether oxygens (including phenoxy) is 1. The zero-order chi connectivity index (χ0) is 13.8. The van der Waals surface area contributed by atoms with Gasteiger partial charge in [-0.15, -0.1) is 0 Å².